The average Bonchev–Trinajstić information content (AvgIpc) is 2.55. The van der Waals surface area contributed by atoms with Crippen LogP contribution in [0.2, 0.25) is 0 Å². The van der Waals surface area contributed by atoms with Gasteiger partial charge in [-0.3, -0.25) is 0 Å². The van der Waals surface area contributed by atoms with E-state index in [1.54, 1.807) is 0 Å². The van der Waals surface area contributed by atoms with Crippen molar-refractivity contribution < 1.29 is 9.53 Å². The lowest BCUT2D eigenvalue weighted by Crippen LogP contribution is -2.47. The summed E-state index contributed by atoms with van der Waals surface area (Å²) >= 11 is 0. The molecule has 0 radical (unpaired) electrons. The van der Waals surface area contributed by atoms with Gasteiger partial charge in [0.1, 0.15) is 5.60 Å². The zero-order chi connectivity index (χ0) is 16.4. The maximum Gasteiger partial charge on any atom is 0.411 e. The van der Waals surface area contributed by atoms with Crippen LogP contribution >= 0.6 is 0 Å². The molecule has 120 valence electrons. The number of cyclic esters (lactones) is 1. The molecule has 0 aromatic heterocycles. The summed E-state index contributed by atoms with van der Waals surface area (Å²) in [6.45, 7) is 6.80. The van der Waals surface area contributed by atoms with Gasteiger partial charge in [0, 0.05) is 13.0 Å². The second kappa shape index (κ2) is 6.07. The summed E-state index contributed by atoms with van der Waals surface area (Å²) in [5, 5.41) is 0. The first-order chi connectivity index (χ1) is 11.0. The molecular formula is C20H23NO2. The van der Waals surface area contributed by atoms with Crippen LogP contribution in [0.3, 0.4) is 0 Å². The van der Waals surface area contributed by atoms with Gasteiger partial charge in [-0.25, -0.2) is 4.79 Å². The molecule has 1 saturated heterocycles. The predicted octanol–water partition coefficient (Wildman–Crippen LogP) is 4.81. The first-order valence-electron chi connectivity index (χ1n) is 8.11. The third kappa shape index (κ3) is 3.09. The number of benzene rings is 2. The fraction of sp³-hybridized carbons (Fsp3) is 0.350. The highest BCUT2D eigenvalue weighted by atomic mass is 16.6. The fourth-order valence-electron chi connectivity index (χ4n) is 3.17. The molecule has 1 heterocycles. The van der Waals surface area contributed by atoms with E-state index in [0.29, 0.717) is 6.54 Å². The standard InChI is InChI=1S/C20H23NO2/c1-15-8-7-11-18(14-15)20(3)12-13-21(19(22)23-20)16(2)17-9-5-4-6-10-17/h4-11,14,16H,12-13H2,1-3H3/t16-,20?/m0/s1. The van der Waals surface area contributed by atoms with Gasteiger partial charge in [-0.2, -0.15) is 0 Å². The molecular weight excluding hydrogens is 286 g/mol. The monoisotopic (exact) mass is 309 g/mol. The summed E-state index contributed by atoms with van der Waals surface area (Å²) < 4.78 is 5.86. The van der Waals surface area contributed by atoms with Gasteiger partial charge in [0.25, 0.3) is 0 Å². The molecule has 3 heteroatoms. The fourth-order valence-corrected chi connectivity index (χ4v) is 3.17. The first-order valence-corrected chi connectivity index (χ1v) is 8.11. The number of rotatable bonds is 3. The second-order valence-corrected chi connectivity index (χ2v) is 6.50. The van der Waals surface area contributed by atoms with E-state index in [9.17, 15) is 4.79 Å². The Hall–Kier alpha value is -2.29. The van der Waals surface area contributed by atoms with Crippen molar-refractivity contribution in [1.29, 1.82) is 0 Å². The van der Waals surface area contributed by atoms with Crippen LogP contribution in [-0.2, 0) is 10.3 Å². The Labute approximate surface area is 137 Å². The van der Waals surface area contributed by atoms with Crippen molar-refractivity contribution in [2.75, 3.05) is 6.54 Å². The van der Waals surface area contributed by atoms with Gasteiger partial charge in [-0.1, -0.05) is 60.2 Å². The third-order valence-electron chi connectivity index (χ3n) is 4.76. The van der Waals surface area contributed by atoms with Crippen LogP contribution < -0.4 is 0 Å². The Morgan fingerprint density at radius 1 is 1.13 bits per heavy atom. The van der Waals surface area contributed by atoms with Gasteiger partial charge < -0.3 is 9.64 Å². The Morgan fingerprint density at radius 3 is 2.52 bits per heavy atom. The van der Waals surface area contributed by atoms with Crippen LogP contribution in [-0.4, -0.2) is 17.5 Å². The highest BCUT2D eigenvalue weighted by molar-refractivity contribution is 5.70. The van der Waals surface area contributed by atoms with E-state index in [1.807, 2.05) is 61.2 Å². The van der Waals surface area contributed by atoms with Crippen molar-refractivity contribution in [3.63, 3.8) is 0 Å². The summed E-state index contributed by atoms with van der Waals surface area (Å²) in [6.07, 6.45) is 0.552. The average molecular weight is 309 g/mol. The maximum absolute atomic E-state index is 12.6. The Morgan fingerprint density at radius 2 is 1.87 bits per heavy atom. The molecule has 3 nitrogen and oxygen atoms in total. The van der Waals surface area contributed by atoms with Crippen molar-refractivity contribution in [2.45, 2.75) is 38.8 Å². The molecule has 0 spiro atoms. The number of hydrogen-bond donors (Lipinski definition) is 0. The van der Waals surface area contributed by atoms with Gasteiger partial charge >= 0.3 is 6.09 Å². The van der Waals surface area contributed by atoms with Crippen molar-refractivity contribution >= 4 is 6.09 Å². The summed E-state index contributed by atoms with van der Waals surface area (Å²) in [5.74, 6) is 0. The Kier molecular flexibility index (Phi) is 4.12. The molecule has 1 aliphatic heterocycles. The van der Waals surface area contributed by atoms with Gasteiger partial charge in [-0.15, -0.1) is 0 Å². The number of ether oxygens (including phenoxy) is 1. The minimum Gasteiger partial charge on any atom is -0.438 e. The number of hydrogen-bond acceptors (Lipinski definition) is 2. The molecule has 1 fully saturated rings. The van der Waals surface area contributed by atoms with Crippen LogP contribution in [0.4, 0.5) is 4.79 Å². The summed E-state index contributed by atoms with van der Waals surface area (Å²) in [7, 11) is 0. The smallest absolute Gasteiger partial charge is 0.411 e. The maximum atomic E-state index is 12.6. The van der Waals surface area contributed by atoms with Crippen molar-refractivity contribution in [3.05, 3.63) is 71.3 Å². The van der Waals surface area contributed by atoms with Crippen molar-refractivity contribution in [2.24, 2.45) is 0 Å². The van der Waals surface area contributed by atoms with Crippen LogP contribution in [0, 0.1) is 6.92 Å². The normalized spacial score (nSPS) is 22.6. The SMILES string of the molecule is Cc1cccc(C2(C)CCN([C@@H](C)c3ccccc3)C(=O)O2)c1. The molecule has 3 rings (SSSR count). The summed E-state index contributed by atoms with van der Waals surface area (Å²) in [4.78, 5) is 14.4. The quantitative estimate of drug-likeness (QED) is 0.814. The van der Waals surface area contributed by atoms with Gasteiger partial charge in [-0.05, 0) is 31.9 Å². The van der Waals surface area contributed by atoms with E-state index >= 15 is 0 Å². The van der Waals surface area contributed by atoms with E-state index < -0.39 is 5.60 Å². The molecule has 2 aromatic carbocycles. The Bertz CT molecular complexity index is 698. The molecule has 1 amide bonds. The first kappa shape index (κ1) is 15.6. The van der Waals surface area contributed by atoms with Gasteiger partial charge in [0.15, 0.2) is 0 Å². The molecule has 2 aromatic rings. The van der Waals surface area contributed by atoms with Crippen molar-refractivity contribution in [1.82, 2.24) is 4.90 Å². The van der Waals surface area contributed by atoms with Crippen molar-refractivity contribution in [3.8, 4) is 0 Å². The molecule has 0 N–H and O–H groups in total. The topological polar surface area (TPSA) is 29.5 Å². The van der Waals surface area contributed by atoms with E-state index in [2.05, 4.69) is 19.1 Å². The molecule has 0 bridgehead atoms. The lowest BCUT2D eigenvalue weighted by molar-refractivity contribution is -0.0491. The number of amides is 1. The highest BCUT2D eigenvalue weighted by Crippen LogP contribution is 2.36. The summed E-state index contributed by atoms with van der Waals surface area (Å²) in [5.41, 5.74) is 2.83. The number of carbonyl (C=O) groups excluding carboxylic acids is 1. The van der Waals surface area contributed by atoms with Gasteiger partial charge in [0.2, 0.25) is 0 Å². The minimum atomic E-state index is -0.546. The lowest BCUT2D eigenvalue weighted by atomic mass is 9.89. The van der Waals surface area contributed by atoms with Gasteiger partial charge in [0.05, 0.1) is 6.04 Å². The van der Waals surface area contributed by atoms with E-state index in [0.717, 1.165) is 17.5 Å². The van der Waals surface area contributed by atoms with Crippen LogP contribution in [0.25, 0.3) is 0 Å². The molecule has 23 heavy (non-hydrogen) atoms. The third-order valence-corrected chi connectivity index (χ3v) is 4.76. The van der Waals surface area contributed by atoms with Crippen LogP contribution in [0.1, 0.15) is 43.0 Å². The Balaban J connectivity index is 1.78. The minimum absolute atomic E-state index is 0.0192. The lowest BCUT2D eigenvalue weighted by Gasteiger charge is -2.41. The van der Waals surface area contributed by atoms with Crippen LogP contribution in [0.15, 0.2) is 54.6 Å². The number of aryl methyl sites for hydroxylation is 1. The highest BCUT2D eigenvalue weighted by Gasteiger charge is 2.39. The van der Waals surface area contributed by atoms with E-state index in [-0.39, 0.29) is 12.1 Å². The molecule has 1 aliphatic rings. The molecule has 2 atom stereocenters. The second-order valence-electron chi connectivity index (χ2n) is 6.50. The molecule has 0 aliphatic carbocycles. The largest absolute Gasteiger partial charge is 0.438 e. The van der Waals surface area contributed by atoms with E-state index in [4.69, 9.17) is 4.74 Å². The van der Waals surface area contributed by atoms with E-state index in [1.165, 1.54) is 5.56 Å². The van der Waals surface area contributed by atoms with Crippen LogP contribution in [0.5, 0.6) is 0 Å². The number of nitrogens with zero attached hydrogens (tertiary/aromatic N) is 1. The molecule has 0 saturated carbocycles. The zero-order valence-electron chi connectivity index (χ0n) is 14.0. The predicted molar refractivity (Wildman–Crippen MR) is 91.2 cm³/mol. The number of carbonyl (C=O) groups is 1. The zero-order valence-corrected chi connectivity index (χ0v) is 14.0. The summed E-state index contributed by atoms with van der Waals surface area (Å²) in [6, 6.07) is 18.3. The molecule has 1 unspecified atom stereocenters.